The second kappa shape index (κ2) is 7.38. The monoisotopic (exact) mass is 305 g/mol. The van der Waals surface area contributed by atoms with Gasteiger partial charge in [0.25, 0.3) is 0 Å². The lowest BCUT2D eigenvalue weighted by molar-refractivity contribution is 0.452. The second-order valence-corrected chi connectivity index (χ2v) is 5.82. The summed E-state index contributed by atoms with van der Waals surface area (Å²) in [6, 6.07) is 5.53. The van der Waals surface area contributed by atoms with E-state index < -0.39 is 0 Å². The van der Waals surface area contributed by atoms with Gasteiger partial charge in [-0.15, -0.1) is 0 Å². The van der Waals surface area contributed by atoms with Gasteiger partial charge in [-0.3, -0.25) is 4.98 Å². The van der Waals surface area contributed by atoms with Gasteiger partial charge in [-0.25, -0.2) is 4.98 Å². The van der Waals surface area contributed by atoms with Crippen molar-refractivity contribution in [1.29, 1.82) is 0 Å². The van der Waals surface area contributed by atoms with Crippen molar-refractivity contribution in [2.75, 3.05) is 6.54 Å². The Balaban J connectivity index is 2.05. The number of ether oxygens (including phenoxy) is 1. The molecule has 5 heteroatoms. The number of nitrogens with zero attached hydrogens (tertiary/aromatic N) is 2. The van der Waals surface area contributed by atoms with E-state index in [0.29, 0.717) is 29.1 Å². The number of benzene rings is 1. The molecule has 0 bridgehead atoms. The summed E-state index contributed by atoms with van der Waals surface area (Å²) in [4.78, 5) is 8.62. The summed E-state index contributed by atoms with van der Waals surface area (Å²) in [5.41, 5.74) is 1.86. The molecule has 1 aromatic heterocycles. The molecule has 0 unspecified atom stereocenters. The van der Waals surface area contributed by atoms with Crippen LogP contribution in [-0.4, -0.2) is 16.5 Å². The molecule has 1 N–H and O–H groups in total. The Bertz CT molecular complexity index is 602. The van der Waals surface area contributed by atoms with Gasteiger partial charge in [0, 0.05) is 17.8 Å². The van der Waals surface area contributed by atoms with Gasteiger partial charge < -0.3 is 10.1 Å². The molecule has 0 saturated heterocycles. The minimum absolute atomic E-state index is 0.476. The Morgan fingerprint density at radius 1 is 1.29 bits per heavy atom. The predicted octanol–water partition coefficient (Wildman–Crippen LogP) is 3.98. The molecule has 112 valence electrons. The molecule has 0 radical (unpaired) electrons. The molecule has 21 heavy (non-hydrogen) atoms. The fourth-order valence-corrected chi connectivity index (χ4v) is 1.97. The molecule has 0 spiro atoms. The van der Waals surface area contributed by atoms with Crippen LogP contribution in [0.25, 0.3) is 0 Å². The highest BCUT2D eigenvalue weighted by molar-refractivity contribution is 6.30. The van der Waals surface area contributed by atoms with Gasteiger partial charge >= 0.3 is 0 Å². The smallest absolute Gasteiger partial charge is 0.238 e. The van der Waals surface area contributed by atoms with E-state index in [1.165, 1.54) is 0 Å². The van der Waals surface area contributed by atoms with Crippen LogP contribution in [0.1, 0.15) is 25.1 Å². The lowest BCUT2D eigenvalue weighted by Gasteiger charge is -2.10. The number of hydrogen-bond donors (Lipinski definition) is 1. The van der Waals surface area contributed by atoms with Crippen LogP contribution in [0.3, 0.4) is 0 Å². The highest BCUT2D eigenvalue weighted by atomic mass is 35.5. The van der Waals surface area contributed by atoms with Crippen molar-refractivity contribution in [3.8, 4) is 11.6 Å². The van der Waals surface area contributed by atoms with Crippen LogP contribution in [0.5, 0.6) is 11.6 Å². The maximum Gasteiger partial charge on any atom is 0.238 e. The third-order valence-electron chi connectivity index (χ3n) is 2.89. The van der Waals surface area contributed by atoms with Crippen LogP contribution in [0.15, 0.2) is 30.6 Å². The van der Waals surface area contributed by atoms with E-state index in [1.54, 1.807) is 18.5 Å². The molecule has 2 aromatic rings. The molecule has 0 amide bonds. The summed E-state index contributed by atoms with van der Waals surface area (Å²) in [5, 5.41) is 3.97. The van der Waals surface area contributed by atoms with E-state index in [-0.39, 0.29) is 0 Å². The highest BCUT2D eigenvalue weighted by Gasteiger charge is 2.05. The van der Waals surface area contributed by atoms with Crippen LogP contribution in [-0.2, 0) is 6.54 Å². The van der Waals surface area contributed by atoms with Crippen molar-refractivity contribution >= 4 is 11.6 Å². The predicted molar refractivity (Wildman–Crippen MR) is 84.8 cm³/mol. The zero-order valence-electron chi connectivity index (χ0n) is 12.6. The second-order valence-electron chi connectivity index (χ2n) is 5.39. The summed E-state index contributed by atoms with van der Waals surface area (Å²) < 4.78 is 5.77. The fraction of sp³-hybridized carbons (Fsp3) is 0.375. The van der Waals surface area contributed by atoms with Crippen molar-refractivity contribution in [1.82, 2.24) is 15.3 Å². The Labute approximate surface area is 130 Å². The number of aromatic nitrogens is 2. The van der Waals surface area contributed by atoms with Crippen LogP contribution >= 0.6 is 11.6 Å². The zero-order chi connectivity index (χ0) is 15.2. The first-order valence-corrected chi connectivity index (χ1v) is 7.38. The average Bonchev–Trinajstić information content (AvgIpc) is 2.43. The largest absolute Gasteiger partial charge is 0.437 e. The Morgan fingerprint density at radius 3 is 2.86 bits per heavy atom. The van der Waals surface area contributed by atoms with Crippen molar-refractivity contribution in [2.24, 2.45) is 5.92 Å². The summed E-state index contributed by atoms with van der Waals surface area (Å²) in [6.07, 6.45) is 3.34. The van der Waals surface area contributed by atoms with E-state index in [2.05, 4.69) is 29.1 Å². The third kappa shape index (κ3) is 4.99. The number of rotatable bonds is 6. The van der Waals surface area contributed by atoms with Crippen LogP contribution in [0, 0.1) is 12.8 Å². The van der Waals surface area contributed by atoms with E-state index in [0.717, 1.165) is 17.8 Å². The number of hydrogen-bond acceptors (Lipinski definition) is 4. The van der Waals surface area contributed by atoms with Gasteiger partial charge in [0.15, 0.2) is 0 Å². The Hall–Kier alpha value is -1.65. The van der Waals surface area contributed by atoms with E-state index in [9.17, 15) is 0 Å². The lowest BCUT2D eigenvalue weighted by Crippen LogP contribution is -2.19. The zero-order valence-corrected chi connectivity index (χ0v) is 13.3. The van der Waals surface area contributed by atoms with Gasteiger partial charge in [-0.1, -0.05) is 31.5 Å². The molecule has 0 atom stereocenters. The quantitative estimate of drug-likeness (QED) is 0.877. The first-order chi connectivity index (χ1) is 10.0. The lowest BCUT2D eigenvalue weighted by atomic mass is 10.2. The van der Waals surface area contributed by atoms with E-state index >= 15 is 0 Å². The van der Waals surface area contributed by atoms with Crippen LogP contribution < -0.4 is 10.1 Å². The molecule has 1 aromatic carbocycles. The third-order valence-corrected chi connectivity index (χ3v) is 3.12. The average molecular weight is 306 g/mol. The van der Waals surface area contributed by atoms with Gasteiger partial charge in [0.2, 0.25) is 5.88 Å². The molecule has 4 nitrogen and oxygen atoms in total. The van der Waals surface area contributed by atoms with Crippen molar-refractivity contribution in [3.05, 3.63) is 46.9 Å². The molecular formula is C16H20ClN3O. The van der Waals surface area contributed by atoms with Gasteiger partial charge in [-0.2, -0.15) is 0 Å². The van der Waals surface area contributed by atoms with Crippen LogP contribution in [0.2, 0.25) is 5.02 Å². The number of aryl methyl sites for hydroxylation is 1. The molecule has 0 aliphatic carbocycles. The standard InChI is InChI=1S/C16H20ClN3O/c1-11(2)7-18-8-14-9-19-10-16(20-14)21-15-6-13(17)5-4-12(15)3/h4-6,9-11,18H,7-8H2,1-3H3. The molecule has 0 aliphatic heterocycles. The van der Waals surface area contributed by atoms with E-state index in [4.69, 9.17) is 16.3 Å². The SMILES string of the molecule is Cc1ccc(Cl)cc1Oc1cncc(CNCC(C)C)n1. The first-order valence-electron chi connectivity index (χ1n) is 7.00. The van der Waals surface area contributed by atoms with Gasteiger partial charge in [-0.05, 0) is 37.1 Å². The van der Waals surface area contributed by atoms with Crippen molar-refractivity contribution in [3.63, 3.8) is 0 Å². The van der Waals surface area contributed by atoms with Crippen molar-refractivity contribution in [2.45, 2.75) is 27.3 Å². The molecule has 0 saturated carbocycles. The summed E-state index contributed by atoms with van der Waals surface area (Å²) >= 11 is 5.99. The normalized spacial score (nSPS) is 10.9. The molecule has 1 heterocycles. The minimum atomic E-state index is 0.476. The molecule has 0 aliphatic rings. The summed E-state index contributed by atoms with van der Waals surface area (Å²) in [5.74, 6) is 1.78. The van der Waals surface area contributed by atoms with Gasteiger partial charge in [0.05, 0.1) is 11.9 Å². The fourth-order valence-electron chi connectivity index (χ4n) is 1.81. The minimum Gasteiger partial charge on any atom is -0.437 e. The van der Waals surface area contributed by atoms with E-state index in [1.807, 2.05) is 19.1 Å². The maximum atomic E-state index is 5.99. The number of halogens is 1. The maximum absolute atomic E-state index is 5.99. The van der Waals surface area contributed by atoms with Crippen molar-refractivity contribution < 1.29 is 4.74 Å². The Morgan fingerprint density at radius 2 is 2.10 bits per heavy atom. The molecule has 2 rings (SSSR count). The molecule has 0 fully saturated rings. The summed E-state index contributed by atoms with van der Waals surface area (Å²) in [7, 11) is 0. The summed E-state index contributed by atoms with van der Waals surface area (Å²) in [6.45, 7) is 7.92. The van der Waals surface area contributed by atoms with Crippen LogP contribution in [0.4, 0.5) is 0 Å². The Kier molecular flexibility index (Phi) is 5.53. The highest BCUT2D eigenvalue weighted by Crippen LogP contribution is 2.26. The van der Waals surface area contributed by atoms with Gasteiger partial charge in [0.1, 0.15) is 5.75 Å². The number of nitrogens with one attached hydrogen (secondary N) is 1. The first kappa shape index (κ1) is 15.7. The molecular weight excluding hydrogens is 286 g/mol. The topological polar surface area (TPSA) is 47.0 Å².